The van der Waals surface area contributed by atoms with Gasteiger partial charge in [0, 0.05) is 11.1 Å². The number of hydrogen-bond acceptors (Lipinski definition) is 4. The molecule has 4 nitrogen and oxygen atoms in total. The second-order valence-corrected chi connectivity index (χ2v) is 14.3. The summed E-state index contributed by atoms with van der Waals surface area (Å²) in [6.45, 7) is 19.8. The van der Waals surface area contributed by atoms with Crippen LogP contribution in [0, 0.1) is 12.8 Å². The third-order valence-electron chi connectivity index (χ3n) is 9.40. The number of benzene rings is 1. The van der Waals surface area contributed by atoms with Crippen molar-refractivity contribution in [3.05, 3.63) is 81.0 Å². The summed E-state index contributed by atoms with van der Waals surface area (Å²) >= 11 is 0. The van der Waals surface area contributed by atoms with Gasteiger partial charge in [-0.05, 0) is 145 Å². The molecule has 0 bridgehead atoms. The summed E-state index contributed by atoms with van der Waals surface area (Å²) < 4.78 is 10.5. The first kappa shape index (κ1) is 42.9. The molecule has 2 N–H and O–H groups in total. The normalized spacial score (nSPS) is 13.9. The van der Waals surface area contributed by atoms with Gasteiger partial charge in [-0.15, -0.1) is 0 Å². The average Bonchev–Trinajstić information content (AvgIpc) is 3.02. The van der Waals surface area contributed by atoms with Crippen molar-refractivity contribution >= 4 is 0 Å². The quantitative estimate of drug-likeness (QED) is 0.0904. The molecule has 1 atom stereocenters. The summed E-state index contributed by atoms with van der Waals surface area (Å²) in [5, 5.41) is 21.2. The van der Waals surface area contributed by atoms with Crippen LogP contribution in [0.4, 0.5) is 0 Å². The van der Waals surface area contributed by atoms with E-state index in [4.69, 9.17) is 9.47 Å². The number of aromatic hydroxyl groups is 2. The molecule has 48 heavy (non-hydrogen) atoms. The minimum Gasteiger partial charge on any atom is -0.504 e. The fourth-order valence-corrected chi connectivity index (χ4v) is 5.97. The Balaban J connectivity index is 2.34. The van der Waals surface area contributed by atoms with Crippen LogP contribution in [0.5, 0.6) is 23.0 Å². The second kappa shape index (κ2) is 24.1. The minimum atomic E-state index is 0.0163. The molecule has 1 unspecified atom stereocenters. The molecule has 1 rings (SSSR count). The molecule has 0 aliphatic rings. The lowest BCUT2D eigenvalue weighted by molar-refractivity contribution is 0.314. The summed E-state index contributed by atoms with van der Waals surface area (Å²) in [5.74, 6) is 1.09. The first-order valence-electron chi connectivity index (χ1n) is 18.4. The maximum absolute atomic E-state index is 10.7. The first-order chi connectivity index (χ1) is 22.8. The highest BCUT2D eigenvalue weighted by Crippen LogP contribution is 2.48. The summed E-state index contributed by atoms with van der Waals surface area (Å²) in [7, 11) is 2.92. The van der Waals surface area contributed by atoms with Crippen LogP contribution in [-0.2, 0) is 6.42 Å². The van der Waals surface area contributed by atoms with Crippen LogP contribution in [-0.4, -0.2) is 24.4 Å². The lowest BCUT2D eigenvalue weighted by atomic mass is 9.95. The van der Waals surface area contributed by atoms with Gasteiger partial charge >= 0.3 is 0 Å². The molecule has 4 heteroatoms. The Morgan fingerprint density at radius 1 is 0.562 bits per heavy atom. The Morgan fingerprint density at radius 3 is 1.44 bits per heavy atom. The summed E-state index contributed by atoms with van der Waals surface area (Å²) in [6.07, 6.45) is 29.8. The van der Waals surface area contributed by atoms with Crippen LogP contribution in [0.3, 0.4) is 0 Å². The fraction of sp³-hybridized carbons (Fsp3) is 0.591. The highest BCUT2D eigenvalue weighted by atomic mass is 16.5. The zero-order valence-electron chi connectivity index (χ0n) is 32.7. The van der Waals surface area contributed by atoms with Gasteiger partial charge in [-0.25, -0.2) is 0 Å². The van der Waals surface area contributed by atoms with E-state index < -0.39 is 0 Å². The maximum Gasteiger partial charge on any atom is 0.207 e. The van der Waals surface area contributed by atoms with Gasteiger partial charge in [0.1, 0.15) is 0 Å². The number of hydrogen-bond donors (Lipinski definition) is 2. The predicted molar refractivity (Wildman–Crippen MR) is 209 cm³/mol. The number of phenols is 2. The van der Waals surface area contributed by atoms with Crippen LogP contribution in [0.2, 0.25) is 0 Å². The van der Waals surface area contributed by atoms with E-state index in [1.54, 1.807) is 6.92 Å². The van der Waals surface area contributed by atoms with Gasteiger partial charge < -0.3 is 19.7 Å². The third-order valence-corrected chi connectivity index (χ3v) is 9.40. The van der Waals surface area contributed by atoms with Crippen molar-refractivity contribution < 1.29 is 19.7 Å². The summed E-state index contributed by atoms with van der Waals surface area (Å²) in [4.78, 5) is 0. The lowest BCUT2D eigenvalue weighted by Crippen LogP contribution is -1.98. The van der Waals surface area contributed by atoms with Gasteiger partial charge in [0.15, 0.2) is 11.5 Å². The highest BCUT2D eigenvalue weighted by molar-refractivity contribution is 5.66. The molecule has 0 aliphatic heterocycles. The lowest BCUT2D eigenvalue weighted by Gasteiger charge is -2.17. The summed E-state index contributed by atoms with van der Waals surface area (Å²) in [6, 6.07) is 0. The SMILES string of the molecule is COc1c(O)c(C)c(C/C=C(\C)CCCC(C)CC/C=C(\C)CC/C=C(\C)CC/C=C(\C)CC/C=C(/C)CCC=C(C)C)c(O)c1OC. The van der Waals surface area contributed by atoms with Gasteiger partial charge in [-0.3, -0.25) is 0 Å². The highest BCUT2D eigenvalue weighted by Gasteiger charge is 2.22. The minimum absolute atomic E-state index is 0.0163. The van der Waals surface area contributed by atoms with E-state index in [2.05, 4.69) is 91.8 Å². The Morgan fingerprint density at radius 2 is 0.979 bits per heavy atom. The van der Waals surface area contributed by atoms with Gasteiger partial charge in [0.2, 0.25) is 11.5 Å². The molecule has 270 valence electrons. The van der Waals surface area contributed by atoms with Gasteiger partial charge in [-0.2, -0.15) is 0 Å². The van der Waals surface area contributed by atoms with Crippen molar-refractivity contribution in [2.24, 2.45) is 5.92 Å². The predicted octanol–water partition coefficient (Wildman–Crippen LogP) is 13.4. The molecule has 0 spiro atoms. The van der Waals surface area contributed by atoms with Crippen LogP contribution in [0.25, 0.3) is 0 Å². The number of phenolic OH excluding ortho intramolecular Hbond substituents is 2. The topological polar surface area (TPSA) is 58.9 Å². The van der Waals surface area contributed by atoms with E-state index >= 15 is 0 Å². The zero-order chi connectivity index (χ0) is 36.1. The molecule has 0 radical (unpaired) electrons. The van der Waals surface area contributed by atoms with Gasteiger partial charge in [-0.1, -0.05) is 83.2 Å². The van der Waals surface area contributed by atoms with Gasteiger partial charge in [0.05, 0.1) is 14.2 Å². The van der Waals surface area contributed by atoms with E-state index in [1.807, 2.05) is 0 Å². The van der Waals surface area contributed by atoms with Crippen molar-refractivity contribution in [2.75, 3.05) is 14.2 Å². The molecule has 0 heterocycles. The molecule has 0 fully saturated rings. The molecular formula is C44H70O4. The molecule has 1 aromatic carbocycles. The van der Waals surface area contributed by atoms with E-state index in [1.165, 1.54) is 73.3 Å². The van der Waals surface area contributed by atoms with E-state index in [-0.39, 0.29) is 23.0 Å². The van der Waals surface area contributed by atoms with Crippen LogP contribution in [0.1, 0.15) is 150 Å². The zero-order valence-corrected chi connectivity index (χ0v) is 32.7. The Hall–Kier alpha value is -3.14. The number of rotatable bonds is 23. The van der Waals surface area contributed by atoms with Crippen LogP contribution < -0.4 is 9.47 Å². The molecule has 1 aromatic rings. The number of allylic oxidation sites excluding steroid dienone is 12. The van der Waals surface area contributed by atoms with E-state index in [9.17, 15) is 10.2 Å². The summed E-state index contributed by atoms with van der Waals surface area (Å²) in [5.41, 5.74) is 10.0. The first-order valence-corrected chi connectivity index (χ1v) is 18.4. The largest absolute Gasteiger partial charge is 0.504 e. The molecule has 0 saturated heterocycles. The number of methoxy groups -OCH3 is 2. The third kappa shape index (κ3) is 17.3. The van der Waals surface area contributed by atoms with Crippen molar-refractivity contribution in [1.82, 2.24) is 0 Å². The van der Waals surface area contributed by atoms with E-state index in [0.717, 1.165) is 57.8 Å². The van der Waals surface area contributed by atoms with E-state index in [0.29, 0.717) is 23.5 Å². The average molecular weight is 663 g/mol. The second-order valence-electron chi connectivity index (χ2n) is 14.3. The molecule has 0 saturated carbocycles. The molecular weight excluding hydrogens is 592 g/mol. The van der Waals surface area contributed by atoms with Crippen LogP contribution in [0.15, 0.2) is 69.9 Å². The Kier molecular flexibility index (Phi) is 21.5. The van der Waals surface area contributed by atoms with Crippen molar-refractivity contribution in [3.63, 3.8) is 0 Å². The van der Waals surface area contributed by atoms with Crippen molar-refractivity contribution in [3.8, 4) is 23.0 Å². The van der Waals surface area contributed by atoms with Crippen molar-refractivity contribution in [2.45, 2.75) is 152 Å². The monoisotopic (exact) mass is 663 g/mol. The maximum atomic E-state index is 10.7. The standard InChI is InChI=1S/C44H70O4/c1-32(2)18-12-19-33(3)20-13-21-34(4)22-14-23-35(5)24-15-25-36(6)26-16-27-37(7)28-17-29-38(8)30-31-40-39(9)41(45)43(47-10)44(48-11)42(40)46/h18,20,22,24,26,30,37,45-46H,12-17,19,21,23,25,27-29,31H2,1-11H3/b33-20-,34-22+,35-24+,36-26+,38-30+. The number of ether oxygens (including phenoxy) is 2. The fourth-order valence-electron chi connectivity index (χ4n) is 5.97. The Bertz CT molecular complexity index is 1300. The Labute approximate surface area is 295 Å². The van der Waals surface area contributed by atoms with Crippen LogP contribution >= 0.6 is 0 Å². The van der Waals surface area contributed by atoms with Crippen molar-refractivity contribution in [1.29, 1.82) is 0 Å². The molecule has 0 aromatic heterocycles. The molecule has 0 amide bonds. The molecule has 0 aliphatic carbocycles. The van der Waals surface area contributed by atoms with Gasteiger partial charge in [0.25, 0.3) is 0 Å². The smallest absolute Gasteiger partial charge is 0.207 e.